The lowest BCUT2D eigenvalue weighted by Crippen LogP contribution is -2.30. The molecule has 3 heteroatoms. The molecule has 0 spiro atoms. The molecule has 0 amide bonds. The Balaban J connectivity index is 1.60. The minimum atomic E-state index is -0.803. The molecular formula is C27H26O3. The fourth-order valence-electron chi connectivity index (χ4n) is 4.00. The molecule has 3 atom stereocenters. The van der Waals surface area contributed by atoms with E-state index in [0.717, 1.165) is 5.56 Å². The van der Waals surface area contributed by atoms with E-state index in [1.807, 2.05) is 72.8 Å². The lowest BCUT2D eigenvalue weighted by atomic mass is 9.80. The zero-order valence-corrected chi connectivity index (χ0v) is 17.3. The Hall–Kier alpha value is -3.33. The molecule has 0 aromatic heterocycles. The summed E-state index contributed by atoms with van der Waals surface area (Å²) in [5.41, 5.74) is 3.15. The van der Waals surface area contributed by atoms with Crippen LogP contribution in [0.15, 0.2) is 91.0 Å². The van der Waals surface area contributed by atoms with Crippen LogP contribution < -0.4 is 4.74 Å². The summed E-state index contributed by atoms with van der Waals surface area (Å²) in [6.07, 6.45) is 3.41. The van der Waals surface area contributed by atoms with E-state index in [-0.39, 0.29) is 23.7 Å². The lowest BCUT2D eigenvalue weighted by Gasteiger charge is -2.28. The van der Waals surface area contributed by atoms with Gasteiger partial charge in [0.1, 0.15) is 5.75 Å². The van der Waals surface area contributed by atoms with Crippen LogP contribution in [0.4, 0.5) is 0 Å². The van der Waals surface area contributed by atoms with Crippen LogP contribution in [-0.4, -0.2) is 5.97 Å². The quantitative estimate of drug-likeness (QED) is 0.342. The Bertz CT molecular complexity index is 1010. The molecule has 0 saturated carbocycles. The van der Waals surface area contributed by atoms with E-state index >= 15 is 0 Å². The Morgan fingerprint density at radius 1 is 0.833 bits per heavy atom. The molecule has 0 bridgehead atoms. The van der Waals surface area contributed by atoms with Gasteiger partial charge in [-0.1, -0.05) is 98.8 Å². The molecule has 0 N–H and O–H groups in total. The molecule has 0 radical (unpaired) electrons. The number of fused-ring (bicyclic) bond motifs is 1. The number of carbonyl (C=O) groups is 1. The van der Waals surface area contributed by atoms with Gasteiger partial charge in [0, 0.05) is 11.5 Å². The number of benzene rings is 3. The van der Waals surface area contributed by atoms with Gasteiger partial charge in [-0.3, -0.25) is 4.79 Å². The molecular weight excluding hydrogens is 372 g/mol. The summed E-state index contributed by atoms with van der Waals surface area (Å²) in [7, 11) is 0. The van der Waals surface area contributed by atoms with Crippen molar-refractivity contribution in [3.8, 4) is 5.75 Å². The molecule has 0 saturated heterocycles. The highest BCUT2D eigenvalue weighted by Gasteiger charge is 2.36. The third kappa shape index (κ3) is 4.30. The highest BCUT2D eigenvalue weighted by Crippen LogP contribution is 2.40. The Morgan fingerprint density at radius 2 is 1.47 bits per heavy atom. The summed E-state index contributed by atoms with van der Waals surface area (Å²) in [4.78, 5) is 13.4. The van der Waals surface area contributed by atoms with E-state index in [4.69, 9.17) is 9.47 Å². The predicted octanol–water partition coefficient (Wildman–Crippen LogP) is 6.39. The number of esters is 1. The van der Waals surface area contributed by atoms with Crippen molar-refractivity contribution in [3.05, 3.63) is 108 Å². The molecule has 3 aromatic carbocycles. The van der Waals surface area contributed by atoms with Crippen LogP contribution in [-0.2, 0) is 9.53 Å². The van der Waals surface area contributed by atoms with Crippen LogP contribution >= 0.6 is 0 Å². The van der Waals surface area contributed by atoms with Gasteiger partial charge in [0.25, 0.3) is 6.29 Å². The molecule has 3 nitrogen and oxygen atoms in total. The van der Waals surface area contributed by atoms with Crippen molar-refractivity contribution in [3.63, 3.8) is 0 Å². The molecule has 3 unspecified atom stereocenters. The van der Waals surface area contributed by atoms with Gasteiger partial charge in [0.05, 0.1) is 5.92 Å². The maximum absolute atomic E-state index is 13.4. The summed E-state index contributed by atoms with van der Waals surface area (Å²) in [5, 5.41) is 0. The Kier molecular flexibility index (Phi) is 5.99. The van der Waals surface area contributed by atoms with Gasteiger partial charge in [-0.25, -0.2) is 0 Å². The molecule has 152 valence electrons. The topological polar surface area (TPSA) is 35.5 Å². The number of para-hydroxylation sites is 1. The third-order valence-corrected chi connectivity index (χ3v) is 5.50. The van der Waals surface area contributed by atoms with Gasteiger partial charge in [0.2, 0.25) is 0 Å². The largest absolute Gasteiger partial charge is 0.450 e. The molecule has 3 aromatic rings. The molecule has 4 rings (SSSR count). The lowest BCUT2D eigenvalue weighted by molar-refractivity contribution is -0.172. The first kappa shape index (κ1) is 20.0. The van der Waals surface area contributed by atoms with Gasteiger partial charge < -0.3 is 9.47 Å². The predicted molar refractivity (Wildman–Crippen MR) is 119 cm³/mol. The van der Waals surface area contributed by atoms with Crippen LogP contribution in [0.1, 0.15) is 42.7 Å². The Morgan fingerprint density at radius 3 is 2.17 bits per heavy atom. The van der Waals surface area contributed by atoms with Crippen molar-refractivity contribution in [2.24, 2.45) is 11.8 Å². The summed E-state index contributed by atoms with van der Waals surface area (Å²) in [6, 6.07) is 27.3. The minimum Gasteiger partial charge on any atom is -0.450 e. The number of hydrogen-bond donors (Lipinski definition) is 0. The van der Waals surface area contributed by atoms with Gasteiger partial charge >= 0.3 is 5.97 Å². The fraction of sp³-hybridized carbons (Fsp3) is 0.222. The van der Waals surface area contributed by atoms with Gasteiger partial charge in [-0.05, 0) is 29.2 Å². The van der Waals surface area contributed by atoms with Crippen molar-refractivity contribution >= 4 is 12.0 Å². The number of hydrogen-bond acceptors (Lipinski definition) is 3. The SMILES string of the molecule is CC(C)C(C(=O)OC(Oc1ccccc1)c1ccccc1)C1C=Cc2ccccc21. The first-order valence-electron chi connectivity index (χ1n) is 10.4. The second kappa shape index (κ2) is 9.00. The maximum atomic E-state index is 13.4. The maximum Gasteiger partial charge on any atom is 0.313 e. The summed E-state index contributed by atoms with van der Waals surface area (Å²) < 4.78 is 12.1. The van der Waals surface area contributed by atoms with E-state index in [0.29, 0.717) is 5.75 Å². The minimum absolute atomic E-state index is 0.00171. The number of allylic oxidation sites excluding steroid dienone is 1. The molecule has 0 fully saturated rings. The van der Waals surface area contributed by atoms with E-state index in [9.17, 15) is 4.79 Å². The zero-order valence-electron chi connectivity index (χ0n) is 17.3. The molecule has 1 aliphatic rings. The van der Waals surface area contributed by atoms with E-state index in [2.05, 4.69) is 38.1 Å². The third-order valence-electron chi connectivity index (χ3n) is 5.50. The first-order valence-corrected chi connectivity index (χ1v) is 10.4. The fourth-order valence-corrected chi connectivity index (χ4v) is 4.00. The monoisotopic (exact) mass is 398 g/mol. The van der Waals surface area contributed by atoms with Crippen LogP contribution in [0.2, 0.25) is 0 Å². The van der Waals surface area contributed by atoms with Crippen molar-refractivity contribution in [2.45, 2.75) is 26.1 Å². The van der Waals surface area contributed by atoms with Crippen LogP contribution in [0.3, 0.4) is 0 Å². The second-order valence-electron chi connectivity index (χ2n) is 7.89. The summed E-state index contributed by atoms with van der Waals surface area (Å²) >= 11 is 0. The van der Waals surface area contributed by atoms with Crippen molar-refractivity contribution < 1.29 is 14.3 Å². The zero-order chi connectivity index (χ0) is 20.9. The standard InChI is InChI=1S/C27H26O3/c1-19(2)25(24-18-17-20-11-9-10-16-23(20)24)26(28)30-27(21-12-5-3-6-13-21)29-22-14-7-4-8-15-22/h3-19,24-25,27H,1-2H3. The smallest absolute Gasteiger partial charge is 0.313 e. The highest BCUT2D eigenvalue weighted by molar-refractivity contribution is 5.77. The summed E-state index contributed by atoms with van der Waals surface area (Å²) in [5.74, 6) is 0.233. The van der Waals surface area contributed by atoms with E-state index < -0.39 is 6.29 Å². The van der Waals surface area contributed by atoms with Gasteiger partial charge in [0.15, 0.2) is 0 Å². The normalized spacial score (nSPS) is 16.7. The van der Waals surface area contributed by atoms with Crippen LogP contribution in [0, 0.1) is 11.8 Å². The van der Waals surface area contributed by atoms with E-state index in [1.165, 1.54) is 11.1 Å². The average Bonchev–Trinajstić information content (AvgIpc) is 3.18. The molecule has 0 aliphatic heterocycles. The van der Waals surface area contributed by atoms with Crippen LogP contribution in [0.5, 0.6) is 5.75 Å². The molecule has 1 aliphatic carbocycles. The van der Waals surface area contributed by atoms with Gasteiger partial charge in [-0.15, -0.1) is 0 Å². The number of rotatable bonds is 7. The van der Waals surface area contributed by atoms with Gasteiger partial charge in [-0.2, -0.15) is 0 Å². The second-order valence-corrected chi connectivity index (χ2v) is 7.89. The molecule has 30 heavy (non-hydrogen) atoms. The van der Waals surface area contributed by atoms with Crippen molar-refractivity contribution in [1.29, 1.82) is 0 Å². The van der Waals surface area contributed by atoms with Crippen LogP contribution in [0.25, 0.3) is 6.08 Å². The van der Waals surface area contributed by atoms with Crippen molar-refractivity contribution in [2.75, 3.05) is 0 Å². The first-order chi connectivity index (χ1) is 14.6. The Labute approximate surface area is 178 Å². The van der Waals surface area contributed by atoms with Crippen molar-refractivity contribution in [1.82, 2.24) is 0 Å². The summed E-state index contributed by atoms with van der Waals surface area (Å²) in [6.45, 7) is 4.13. The number of carbonyl (C=O) groups excluding carboxylic acids is 1. The number of ether oxygens (including phenoxy) is 2. The molecule has 0 heterocycles. The highest BCUT2D eigenvalue weighted by atomic mass is 16.7. The average molecular weight is 399 g/mol. The van der Waals surface area contributed by atoms with E-state index in [1.54, 1.807) is 0 Å².